The van der Waals surface area contributed by atoms with Gasteiger partial charge in [-0.15, -0.1) is 0 Å². The van der Waals surface area contributed by atoms with E-state index in [1.807, 2.05) is 24.3 Å². The molecule has 1 N–H and O–H groups in total. The standard InChI is InChI=1S/C14H13BrN2O2/c1-17-7-6-11(8-13(17)18)14(19)16-12-4-2-10(9-15)3-5-12/h2-8H,9H2,1H3,(H,16,19). The SMILES string of the molecule is Cn1ccc(C(=O)Nc2ccc(CBr)cc2)cc1=O. The molecule has 0 saturated carbocycles. The molecule has 1 heterocycles. The molecule has 0 unspecified atom stereocenters. The highest BCUT2D eigenvalue weighted by Gasteiger charge is 2.07. The summed E-state index contributed by atoms with van der Waals surface area (Å²) in [5, 5.41) is 3.53. The first-order valence-corrected chi connectivity index (χ1v) is 6.85. The van der Waals surface area contributed by atoms with Crippen LogP contribution in [0.25, 0.3) is 0 Å². The summed E-state index contributed by atoms with van der Waals surface area (Å²) < 4.78 is 1.42. The van der Waals surface area contributed by atoms with Crippen LogP contribution >= 0.6 is 15.9 Å². The van der Waals surface area contributed by atoms with Gasteiger partial charge in [-0.3, -0.25) is 9.59 Å². The molecule has 4 nitrogen and oxygen atoms in total. The minimum atomic E-state index is -0.288. The van der Waals surface area contributed by atoms with Crippen molar-refractivity contribution in [1.82, 2.24) is 4.57 Å². The Balaban J connectivity index is 2.15. The minimum Gasteiger partial charge on any atom is -0.322 e. The van der Waals surface area contributed by atoms with Crippen LogP contribution in [0.4, 0.5) is 5.69 Å². The van der Waals surface area contributed by atoms with Gasteiger partial charge in [0.1, 0.15) is 0 Å². The first kappa shape index (κ1) is 13.5. The molecule has 0 atom stereocenters. The molecule has 98 valence electrons. The Labute approximate surface area is 119 Å². The van der Waals surface area contributed by atoms with Gasteiger partial charge in [0.2, 0.25) is 0 Å². The van der Waals surface area contributed by atoms with Gasteiger partial charge in [-0.1, -0.05) is 28.1 Å². The first-order chi connectivity index (χ1) is 9.10. The van der Waals surface area contributed by atoms with Crippen LogP contribution < -0.4 is 10.9 Å². The third kappa shape index (κ3) is 3.32. The highest BCUT2D eigenvalue weighted by atomic mass is 79.9. The van der Waals surface area contributed by atoms with E-state index >= 15 is 0 Å². The lowest BCUT2D eigenvalue weighted by Gasteiger charge is -2.06. The number of aromatic nitrogens is 1. The Kier molecular flexibility index (Phi) is 4.16. The van der Waals surface area contributed by atoms with E-state index in [1.54, 1.807) is 19.3 Å². The lowest BCUT2D eigenvalue weighted by Crippen LogP contribution is -2.19. The number of alkyl halides is 1. The third-order valence-corrected chi connectivity index (χ3v) is 3.38. The molecule has 2 rings (SSSR count). The second kappa shape index (κ2) is 5.84. The fraction of sp³-hybridized carbons (Fsp3) is 0.143. The zero-order valence-electron chi connectivity index (χ0n) is 10.4. The molecule has 0 bridgehead atoms. The summed E-state index contributed by atoms with van der Waals surface area (Å²) in [6, 6.07) is 10.4. The summed E-state index contributed by atoms with van der Waals surface area (Å²) >= 11 is 3.36. The van der Waals surface area contributed by atoms with E-state index in [4.69, 9.17) is 0 Å². The van der Waals surface area contributed by atoms with Crippen molar-refractivity contribution in [3.05, 3.63) is 64.1 Å². The molecule has 1 aromatic heterocycles. The average molecular weight is 321 g/mol. The number of nitrogens with zero attached hydrogens (tertiary/aromatic N) is 1. The maximum absolute atomic E-state index is 12.0. The zero-order chi connectivity index (χ0) is 13.8. The Morgan fingerprint density at radius 3 is 2.53 bits per heavy atom. The molecular formula is C14H13BrN2O2. The molecule has 1 amide bonds. The van der Waals surface area contributed by atoms with Gasteiger partial charge in [-0.05, 0) is 23.8 Å². The Bertz CT molecular complexity index is 647. The molecule has 0 saturated heterocycles. The summed E-state index contributed by atoms with van der Waals surface area (Å²) in [5.41, 5.74) is 1.98. The predicted octanol–water partition coefficient (Wildman–Crippen LogP) is 2.53. The van der Waals surface area contributed by atoms with Gasteiger partial charge in [0.25, 0.3) is 11.5 Å². The second-order valence-electron chi connectivity index (χ2n) is 4.15. The van der Waals surface area contributed by atoms with Crippen molar-refractivity contribution in [1.29, 1.82) is 0 Å². The quantitative estimate of drug-likeness (QED) is 0.883. The molecule has 19 heavy (non-hydrogen) atoms. The molecule has 0 spiro atoms. The smallest absolute Gasteiger partial charge is 0.255 e. The van der Waals surface area contributed by atoms with Crippen molar-refractivity contribution in [2.75, 3.05) is 5.32 Å². The molecule has 1 aromatic carbocycles. The van der Waals surface area contributed by atoms with Crippen LogP contribution in [0.1, 0.15) is 15.9 Å². The highest BCUT2D eigenvalue weighted by Crippen LogP contribution is 2.12. The Morgan fingerprint density at radius 2 is 1.95 bits per heavy atom. The van der Waals surface area contributed by atoms with Gasteiger partial charge in [0, 0.05) is 35.9 Å². The van der Waals surface area contributed by atoms with E-state index < -0.39 is 0 Å². The molecule has 0 aliphatic rings. The van der Waals surface area contributed by atoms with Gasteiger partial charge in [-0.25, -0.2) is 0 Å². The average Bonchev–Trinajstić information content (AvgIpc) is 2.42. The topological polar surface area (TPSA) is 51.1 Å². The van der Waals surface area contributed by atoms with Crippen LogP contribution in [-0.4, -0.2) is 10.5 Å². The van der Waals surface area contributed by atoms with Crippen LogP contribution in [-0.2, 0) is 12.4 Å². The number of carbonyl (C=O) groups excluding carboxylic acids is 1. The summed E-state index contributed by atoms with van der Waals surface area (Å²) in [5.74, 6) is -0.288. The number of carbonyl (C=O) groups is 1. The lowest BCUT2D eigenvalue weighted by molar-refractivity contribution is 0.102. The molecule has 0 fully saturated rings. The van der Waals surface area contributed by atoms with Crippen molar-refractivity contribution in [2.24, 2.45) is 7.05 Å². The molecule has 0 aliphatic carbocycles. The molecule has 2 aromatic rings. The fourth-order valence-electron chi connectivity index (χ4n) is 1.57. The molecular weight excluding hydrogens is 308 g/mol. The third-order valence-electron chi connectivity index (χ3n) is 2.73. The first-order valence-electron chi connectivity index (χ1n) is 5.73. The number of rotatable bonds is 3. The molecule has 0 radical (unpaired) electrons. The van der Waals surface area contributed by atoms with Crippen molar-refractivity contribution in [2.45, 2.75) is 5.33 Å². The van der Waals surface area contributed by atoms with Crippen LogP contribution in [0.15, 0.2) is 47.4 Å². The van der Waals surface area contributed by atoms with Crippen LogP contribution in [0, 0.1) is 0 Å². The van der Waals surface area contributed by atoms with Gasteiger partial charge in [-0.2, -0.15) is 0 Å². The van der Waals surface area contributed by atoms with Crippen molar-refractivity contribution in [3.63, 3.8) is 0 Å². The fourth-order valence-corrected chi connectivity index (χ4v) is 1.94. The molecule has 5 heteroatoms. The van der Waals surface area contributed by atoms with Gasteiger partial charge in [0.05, 0.1) is 0 Å². The monoisotopic (exact) mass is 320 g/mol. The number of halogens is 1. The van der Waals surface area contributed by atoms with Crippen LogP contribution in [0.3, 0.4) is 0 Å². The van der Waals surface area contributed by atoms with E-state index in [0.29, 0.717) is 11.3 Å². The number of hydrogen-bond donors (Lipinski definition) is 1. The zero-order valence-corrected chi connectivity index (χ0v) is 12.0. The number of amides is 1. The van der Waals surface area contributed by atoms with E-state index in [1.165, 1.54) is 10.6 Å². The summed E-state index contributed by atoms with van der Waals surface area (Å²) in [6.07, 6.45) is 1.57. The number of pyridine rings is 1. The summed E-state index contributed by atoms with van der Waals surface area (Å²) in [6.45, 7) is 0. The van der Waals surface area contributed by atoms with E-state index in [9.17, 15) is 9.59 Å². The minimum absolute atomic E-state index is 0.206. The Morgan fingerprint density at radius 1 is 1.26 bits per heavy atom. The number of anilines is 1. The second-order valence-corrected chi connectivity index (χ2v) is 4.71. The maximum Gasteiger partial charge on any atom is 0.255 e. The lowest BCUT2D eigenvalue weighted by atomic mass is 10.2. The number of aryl methyl sites for hydroxylation is 1. The number of benzene rings is 1. The number of hydrogen-bond acceptors (Lipinski definition) is 2. The van der Waals surface area contributed by atoms with E-state index in [0.717, 1.165) is 10.9 Å². The predicted molar refractivity (Wildman–Crippen MR) is 78.7 cm³/mol. The summed E-state index contributed by atoms with van der Waals surface area (Å²) in [4.78, 5) is 23.4. The van der Waals surface area contributed by atoms with Gasteiger partial charge < -0.3 is 9.88 Å². The number of nitrogens with one attached hydrogen (secondary N) is 1. The normalized spacial score (nSPS) is 10.2. The summed E-state index contributed by atoms with van der Waals surface area (Å²) in [7, 11) is 1.64. The van der Waals surface area contributed by atoms with Crippen molar-refractivity contribution < 1.29 is 4.79 Å². The van der Waals surface area contributed by atoms with Crippen molar-refractivity contribution in [3.8, 4) is 0 Å². The maximum atomic E-state index is 12.0. The highest BCUT2D eigenvalue weighted by molar-refractivity contribution is 9.08. The Hall–Kier alpha value is -1.88. The van der Waals surface area contributed by atoms with E-state index in [-0.39, 0.29) is 11.5 Å². The van der Waals surface area contributed by atoms with Crippen molar-refractivity contribution >= 4 is 27.5 Å². The van der Waals surface area contributed by atoms with Gasteiger partial charge >= 0.3 is 0 Å². The largest absolute Gasteiger partial charge is 0.322 e. The van der Waals surface area contributed by atoms with Crippen LogP contribution in [0.2, 0.25) is 0 Å². The van der Waals surface area contributed by atoms with Crippen LogP contribution in [0.5, 0.6) is 0 Å². The van der Waals surface area contributed by atoms with E-state index in [2.05, 4.69) is 21.2 Å². The van der Waals surface area contributed by atoms with Gasteiger partial charge in [0.15, 0.2) is 0 Å². The molecule has 0 aliphatic heterocycles.